The van der Waals surface area contributed by atoms with Crippen molar-refractivity contribution in [2.45, 2.75) is 17.5 Å². The number of aromatic nitrogens is 3. The van der Waals surface area contributed by atoms with Crippen molar-refractivity contribution in [3.8, 4) is 11.3 Å². The number of nitrogens with zero attached hydrogens (tertiary/aromatic N) is 3. The normalized spacial score (nSPS) is 15.4. The number of amides is 1. The second-order valence-corrected chi connectivity index (χ2v) is 8.07. The van der Waals surface area contributed by atoms with Crippen molar-refractivity contribution in [2.75, 3.05) is 6.26 Å². The third kappa shape index (κ3) is 3.19. The zero-order valence-electron chi connectivity index (χ0n) is 16.4. The summed E-state index contributed by atoms with van der Waals surface area (Å²) in [6.07, 6.45) is 5.58. The molecule has 0 bridgehead atoms. The number of carbonyl (C=O) groups excluding carboxylic acids is 1. The van der Waals surface area contributed by atoms with E-state index in [0.717, 1.165) is 27.9 Å². The predicted molar refractivity (Wildman–Crippen MR) is 118 cm³/mol. The fraction of sp³-hybridized carbons (Fsp3) is 0.125. The average Bonchev–Trinajstić information content (AvgIpc) is 3.35. The summed E-state index contributed by atoms with van der Waals surface area (Å²) in [6.45, 7) is 0.507. The SMILES string of the molecule is CSc1ccc(C2c3c(-c4ccccc4)n[nH]c3C(=O)N2Cc2ccncc2)cc1. The lowest BCUT2D eigenvalue weighted by Gasteiger charge is -2.26. The van der Waals surface area contributed by atoms with Gasteiger partial charge in [-0.25, -0.2) is 0 Å². The van der Waals surface area contributed by atoms with Crippen LogP contribution in [0.25, 0.3) is 11.3 Å². The molecule has 0 spiro atoms. The molecule has 3 heterocycles. The summed E-state index contributed by atoms with van der Waals surface area (Å²) in [4.78, 5) is 20.6. The smallest absolute Gasteiger partial charge is 0.273 e. The molecule has 1 aliphatic rings. The summed E-state index contributed by atoms with van der Waals surface area (Å²) >= 11 is 1.71. The Hall–Kier alpha value is -3.38. The van der Waals surface area contributed by atoms with Crippen LogP contribution in [0.5, 0.6) is 0 Å². The predicted octanol–water partition coefficient (Wildman–Crippen LogP) is 4.94. The van der Waals surface area contributed by atoms with E-state index < -0.39 is 0 Å². The van der Waals surface area contributed by atoms with Gasteiger partial charge in [-0.2, -0.15) is 5.10 Å². The Balaban J connectivity index is 1.64. The summed E-state index contributed by atoms with van der Waals surface area (Å²) in [7, 11) is 0. The van der Waals surface area contributed by atoms with E-state index in [1.54, 1.807) is 24.2 Å². The minimum Gasteiger partial charge on any atom is -0.322 e. The van der Waals surface area contributed by atoms with Crippen molar-refractivity contribution < 1.29 is 4.79 Å². The Morgan fingerprint density at radius 3 is 2.43 bits per heavy atom. The number of hydrogen-bond donors (Lipinski definition) is 1. The Bertz CT molecular complexity index is 1170. The largest absolute Gasteiger partial charge is 0.322 e. The summed E-state index contributed by atoms with van der Waals surface area (Å²) in [5.74, 6) is -0.0320. The molecule has 1 amide bonds. The number of rotatable bonds is 5. The quantitative estimate of drug-likeness (QED) is 0.472. The van der Waals surface area contributed by atoms with E-state index in [0.29, 0.717) is 12.2 Å². The Morgan fingerprint density at radius 2 is 1.73 bits per heavy atom. The topological polar surface area (TPSA) is 61.9 Å². The molecule has 0 radical (unpaired) electrons. The van der Waals surface area contributed by atoms with Gasteiger partial charge in [0.25, 0.3) is 5.91 Å². The summed E-state index contributed by atoms with van der Waals surface area (Å²) in [6, 6.07) is 22.1. The van der Waals surface area contributed by atoms with Crippen molar-refractivity contribution in [2.24, 2.45) is 0 Å². The Labute approximate surface area is 179 Å². The van der Waals surface area contributed by atoms with E-state index in [1.165, 1.54) is 4.90 Å². The van der Waals surface area contributed by atoms with Crippen molar-refractivity contribution >= 4 is 17.7 Å². The standard InChI is InChI=1S/C24H20N4OS/c1-30-19-9-7-18(8-10-19)23-20-21(17-5-3-2-4-6-17)26-27-22(20)24(29)28(23)15-16-11-13-25-14-12-16/h2-14,23H,15H2,1H3,(H,26,27). The number of fused-ring (bicyclic) bond motifs is 1. The molecule has 30 heavy (non-hydrogen) atoms. The number of nitrogens with one attached hydrogen (secondary N) is 1. The fourth-order valence-electron chi connectivity index (χ4n) is 3.99. The molecule has 6 heteroatoms. The maximum Gasteiger partial charge on any atom is 0.273 e. The third-order valence-corrected chi connectivity index (χ3v) is 6.19. The lowest BCUT2D eigenvalue weighted by molar-refractivity contribution is 0.0730. The summed E-state index contributed by atoms with van der Waals surface area (Å²) < 4.78 is 0. The number of H-pyrrole nitrogens is 1. The van der Waals surface area contributed by atoms with Crippen LogP contribution in [0.4, 0.5) is 0 Å². The molecule has 0 saturated heterocycles. The van der Waals surface area contributed by atoms with Gasteiger partial charge in [-0.3, -0.25) is 14.9 Å². The number of pyridine rings is 1. The highest BCUT2D eigenvalue weighted by atomic mass is 32.2. The maximum atomic E-state index is 13.4. The third-order valence-electron chi connectivity index (χ3n) is 5.44. The van der Waals surface area contributed by atoms with Gasteiger partial charge in [0.1, 0.15) is 5.69 Å². The number of carbonyl (C=O) groups is 1. The second kappa shape index (κ2) is 7.80. The van der Waals surface area contributed by atoms with Gasteiger partial charge in [0.05, 0.1) is 11.7 Å². The van der Waals surface area contributed by atoms with Crippen LogP contribution in [0.15, 0.2) is 84.0 Å². The molecule has 0 aliphatic carbocycles. The lowest BCUT2D eigenvalue weighted by atomic mass is 9.96. The molecule has 5 nitrogen and oxygen atoms in total. The first-order valence-corrected chi connectivity index (χ1v) is 11.0. The number of thioether (sulfide) groups is 1. The number of aromatic amines is 1. The van der Waals surface area contributed by atoms with Crippen LogP contribution in [0.2, 0.25) is 0 Å². The summed E-state index contributed by atoms with van der Waals surface area (Å²) in [5, 5.41) is 7.54. The van der Waals surface area contributed by atoms with Crippen molar-refractivity contribution in [3.63, 3.8) is 0 Å². The van der Waals surface area contributed by atoms with E-state index >= 15 is 0 Å². The lowest BCUT2D eigenvalue weighted by Crippen LogP contribution is -2.29. The van der Waals surface area contributed by atoms with Gasteiger partial charge in [0.15, 0.2) is 0 Å². The zero-order valence-corrected chi connectivity index (χ0v) is 17.3. The molecule has 1 aliphatic heterocycles. The maximum absolute atomic E-state index is 13.4. The van der Waals surface area contributed by atoms with E-state index in [4.69, 9.17) is 0 Å². The van der Waals surface area contributed by atoms with Gasteiger partial charge in [0.2, 0.25) is 0 Å². The monoisotopic (exact) mass is 412 g/mol. The Kier molecular flexibility index (Phi) is 4.85. The molecule has 148 valence electrons. The van der Waals surface area contributed by atoms with Crippen molar-refractivity contribution in [1.82, 2.24) is 20.1 Å². The van der Waals surface area contributed by atoms with Crippen LogP contribution in [0.1, 0.15) is 33.2 Å². The van der Waals surface area contributed by atoms with Crippen LogP contribution >= 0.6 is 11.8 Å². The highest BCUT2D eigenvalue weighted by Crippen LogP contribution is 2.43. The number of benzene rings is 2. The van der Waals surface area contributed by atoms with E-state index in [9.17, 15) is 4.79 Å². The van der Waals surface area contributed by atoms with Crippen LogP contribution in [-0.4, -0.2) is 32.2 Å². The van der Waals surface area contributed by atoms with Crippen LogP contribution in [-0.2, 0) is 6.54 Å². The average molecular weight is 413 g/mol. The van der Waals surface area contributed by atoms with Crippen LogP contribution in [0.3, 0.4) is 0 Å². The molecular weight excluding hydrogens is 392 g/mol. The minimum absolute atomic E-state index is 0.0320. The van der Waals surface area contributed by atoms with Crippen LogP contribution in [0, 0.1) is 0 Å². The Morgan fingerprint density at radius 1 is 1.00 bits per heavy atom. The van der Waals surface area contributed by atoms with Crippen molar-refractivity contribution in [1.29, 1.82) is 0 Å². The molecule has 2 aromatic heterocycles. The molecular formula is C24H20N4OS. The molecule has 0 fully saturated rings. The van der Waals surface area contributed by atoms with E-state index in [1.807, 2.05) is 47.4 Å². The fourth-order valence-corrected chi connectivity index (χ4v) is 4.40. The van der Waals surface area contributed by atoms with Gasteiger partial charge in [-0.05, 0) is 41.6 Å². The highest BCUT2D eigenvalue weighted by molar-refractivity contribution is 7.98. The molecule has 0 saturated carbocycles. The second-order valence-electron chi connectivity index (χ2n) is 7.19. The highest BCUT2D eigenvalue weighted by Gasteiger charge is 2.42. The van der Waals surface area contributed by atoms with Gasteiger partial charge in [0, 0.05) is 35.0 Å². The molecule has 2 aromatic carbocycles. The molecule has 4 aromatic rings. The summed E-state index contributed by atoms with van der Waals surface area (Å²) in [5.41, 5.74) is 5.46. The van der Waals surface area contributed by atoms with Crippen molar-refractivity contribution in [3.05, 3.63) is 102 Å². The number of hydrogen-bond acceptors (Lipinski definition) is 4. The van der Waals surface area contributed by atoms with Gasteiger partial charge in [-0.15, -0.1) is 11.8 Å². The van der Waals surface area contributed by atoms with Gasteiger partial charge >= 0.3 is 0 Å². The van der Waals surface area contributed by atoms with Crippen LogP contribution < -0.4 is 0 Å². The molecule has 1 N–H and O–H groups in total. The molecule has 5 rings (SSSR count). The minimum atomic E-state index is -0.203. The van der Waals surface area contributed by atoms with Gasteiger partial charge < -0.3 is 4.90 Å². The first-order chi connectivity index (χ1) is 14.8. The first-order valence-electron chi connectivity index (χ1n) is 9.74. The van der Waals surface area contributed by atoms with Gasteiger partial charge in [-0.1, -0.05) is 42.5 Å². The molecule has 1 unspecified atom stereocenters. The van der Waals surface area contributed by atoms with E-state index in [2.05, 4.69) is 45.7 Å². The first kappa shape index (κ1) is 18.6. The molecule has 1 atom stereocenters. The zero-order chi connectivity index (χ0) is 20.5. The van der Waals surface area contributed by atoms with E-state index in [-0.39, 0.29) is 11.9 Å².